The smallest absolute Gasteiger partial charge is 0.306 e. The van der Waals surface area contributed by atoms with Gasteiger partial charge in [0.15, 0.2) is 0 Å². The van der Waals surface area contributed by atoms with Crippen LogP contribution >= 0.6 is 0 Å². The van der Waals surface area contributed by atoms with E-state index in [0.29, 0.717) is 13.0 Å². The molecule has 0 aromatic heterocycles. The molecule has 0 heterocycles. The molecule has 0 spiro atoms. The van der Waals surface area contributed by atoms with Crippen molar-refractivity contribution in [2.75, 3.05) is 19.8 Å². The molecule has 0 aliphatic rings. The first-order chi connectivity index (χ1) is 26.2. The summed E-state index contributed by atoms with van der Waals surface area (Å²) in [5.74, 6) is -0.237. The number of allylic oxidation sites excluding steroid dienone is 18. The molecule has 4 nitrogen and oxygen atoms in total. The van der Waals surface area contributed by atoms with E-state index in [-0.39, 0.29) is 19.2 Å². The Kier molecular flexibility index (Phi) is 42.7. The van der Waals surface area contributed by atoms with E-state index in [1.54, 1.807) is 0 Å². The van der Waals surface area contributed by atoms with Crippen molar-refractivity contribution in [2.24, 2.45) is 0 Å². The second kappa shape index (κ2) is 45.2. The zero-order valence-electron chi connectivity index (χ0n) is 34.2. The van der Waals surface area contributed by atoms with Gasteiger partial charge in [-0.1, -0.05) is 175 Å². The minimum atomic E-state index is -0.580. The molecule has 0 aliphatic carbocycles. The van der Waals surface area contributed by atoms with Gasteiger partial charge in [-0.2, -0.15) is 0 Å². The highest BCUT2D eigenvalue weighted by atomic mass is 16.6. The average Bonchev–Trinajstić information content (AvgIpc) is 3.16. The summed E-state index contributed by atoms with van der Waals surface area (Å²) in [6, 6.07) is 0. The molecule has 0 fully saturated rings. The summed E-state index contributed by atoms with van der Waals surface area (Å²) in [7, 11) is 0. The molecule has 0 radical (unpaired) electrons. The summed E-state index contributed by atoms with van der Waals surface area (Å²) in [6.07, 6.45) is 65.8. The quantitative estimate of drug-likeness (QED) is 0.0390. The first-order valence-corrected chi connectivity index (χ1v) is 21.5. The van der Waals surface area contributed by atoms with Crippen molar-refractivity contribution in [3.8, 4) is 0 Å². The molecule has 0 aromatic carbocycles. The van der Waals surface area contributed by atoms with Gasteiger partial charge in [0.2, 0.25) is 0 Å². The van der Waals surface area contributed by atoms with Crippen LogP contribution in [0.4, 0.5) is 0 Å². The molecule has 0 amide bonds. The van der Waals surface area contributed by atoms with Gasteiger partial charge >= 0.3 is 5.97 Å². The monoisotopic (exact) mass is 733 g/mol. The fraction of sp³-hybridized carbons (Fsp3) is 0.612. The largest absolute Gasteiger partial charge is 0.457 e. The van der Waals surface area contributed by atoms with Gasteiger partial charge in [0, 0.05) is 13.0 Å². The van der Waals surface area contributed by atoms with Crippen molar-refractivity contribution < 1.29 is 19.4 Å². The van der Waals surface area contributed by atoms with Crippen LogP contribution in [0, 0.1) is 0 Å². The Labute approximate surface area is 327 Å². The fourth-order valence-electron chi connectivity index (χ4n) is 5.41. The lowest BCUT2D eigenvalue weighted by Gasteiger charge is -2.15. The third-order valence-electron chi connectivity index (χ3n) is 8.58. The molecular formula is C49H80O4. The second-order valence-electron chi connectivity index (χ2n) is 13.7. The van der Waals surface area contributed by atoms with E-state index in [4.69, 9.17) is 9.47 Å². The topological polar surface area (TPSA) is 55.8 Å². The fourth-order valence-corrected chi connectivity index (χ4v) is 5.41. The van der Waals surface area contributed by atoms with Crippen LogP contribution in [0.1, 0.15) is 168 Å². The molecule has 0 saturated carbocycles. The first-order valence-electron chi connectivity index (χ1n) is 21.5. The highest BCUT2D eigenvalue weighted by Crippen LogP contribution is 2.11. The van der Waals surface area contributed by atoms with Gasteiger partial charge in [-0.05, 0) is 96.3 Å². The van der Waals surface area contributed by atoms with Gasteiger partial charge < -0.3 is 14.6 Å². The van der Waals surface area contributed by atoms with Crippen molar-refractivity contribution in [1.82, 2.24) is 0 Å². The Morgan fingerprint density at radius 2 is 0.849 bits per heavy atom. The van der Waals surface area contributed by atoms with Crippen LogP contribution in [0.2, 0.25) is 0 Å². The second-order valence-corrected chi connectivity index (χ2v) is 13.7. The molecular weight excluding hydrogens is 653 g/mol. The minimum absolute atomic E-state index is 0.208. The number of aliphatic hydroxyl groups excluding tert-OH is 1. The van der Waals surface area contributed by atoms with Gasteiger partial charge in [0.05, 0.1) is 13.2 Å². The SMILES string of the molecule is CC/C=C\C/C=C\C/C=C\C/C=C\C/C=C\C/C=C\CCCOCC(CO)OC(=O)CCCCCCCC/C=C\C/C=C\C/C=C\CCCCCCC. The highest BCUT2D eigenvalue weighted by Gasteiger charge is 2.13. The van der Waals surface area contributed by atoms with Crippen molar-refractivity contribution in [3.63, 3.8) is 0 Å². The maximum atomic E-state index is 12.2. The van der Waals surface area contributed by atoms with Crippen molar-refractivity contribution >= 4 is 5.97 Å². The van der Waals surface area contributed by atoms with E-state index in [1.165, 1.54) is 57.8 Å². The van der Waals surface area contributed by atoms with Gasteiger partial charge in [-0.3, -0.25) is 4.79 Å². The summed E-state index contributed by atoms with van der Waals surface area (Å²) >= 11 is 0. The first kappa shape index (κ1) is 50.1. The Bertz CT molecular complexity index is 1040. The minimum Gasteiger partial charge on any atom is -0.457 e. The number of carbonyl (C=O) groups excluding carboxylic acids is 1. The number of ether oxygens (including phenoxy) is 2. The van der Waals surface area contributed by atoms with E-state index in [2.05, 4.69) is 123 Å². The molecule has 0 saturated heterocycles. The van der Waals surface area contributed by atoms with Crippen LogP contribution in [-0.2, 0) is 14.3 Å². The Hall–Kier alpha value is -2.95. The number of carbonyl (C=O) groups is 1. The lowest BCUT2D eigenvalue weighted by atomic mass is 10.1. The van der Waals surface area contributed by atoms with Gasteiger partial charge in [-0.15, -0.1) is 0 Å². The Balaban J connectivity index is 3.62. The molecule has 0 rings (SSSR count). The summed E-state index contributed by atoms with van der Waals surface area (Å²) < 4.78 is 11.1. The van der Waals surface area contributed by atoms with Crippen molar-refractivity contribution in [2.45, 2.75) is 174 Å². The maximum absolute atomic E-state index is 12.2. The van der Waals surface area contributed by atoms with Crippen LogP contribution in [-0.4, -0.2) is 37.0 Å². The van der Waals surface area contributed by atoms with E-state index in [1.807, 2.05) is 0 Å². The molecule has 1 unspecified atom stereocenters. The van der Waals surface area contributed by atoms with E-state index >= 15 is 0 Å². The predicted octanol–water partition coefficient (Wildman–Crippen LogP) is 14.3. The maximum Gasteiger partial charge on any atom is 0.306 e. The zero-order chi connectivity index (χ0) is 38.4. The van der Waals surface area contributed by atoms with Crippen LogP contribution in [0.15, 0.2) is 109 Å². The predicted molar refractivity (Wildman–Crippen MR) is 232 cm³/mol. The molecule has 1 atom stereocenters. The number of esters is 1. The van der Waals surface area contributed by atoms with Crippen molar-refractivity contribution in [1.29, 1.82) is 0 Å². The van der Waals surface area contributed by atoms with E-state index in [0.717, 1.165) is 89.9 Å². The zero-order valence-corrected chi connectivity index (χ0v) is 34.2. The molecule has 300 valence electrons. The molecule has 53 heavy (non-hydrogen) atoms. The lowest BCUT2D eigenvalue weighted by Crippen LogP contribution is -2.27. The van der Waals surface area contributed by atoms with Gasteiger partial charge in [-0.25, -0.2) is 0 Å². The molecule has 4 heteroatoms. The normalized spacial score (nSPS) is 13.5. The van der Waals surface area contributed by atoms with Crippen molar-refractivity contribution in [3.05, 3.63) is 109 Å². The third-order valence-corrected chi connectivity index (χ3v) is 8.58. The number of aliphatic hydroxyl groups is 1. The highest BCUT2D eigenvalue weighted by molar-refractivity contribution is 5.69. The number of unbranched alkanes of at least 4 members (excludes halogenated alkanes) is 12. The summed E-state index contributed by atoms with van der Waals surface area (Å²) in [4.78, 5) is 12.2. The average molecular weight is 733 g/mol. The lowest BCUT2D eigenvalue weighted by molar-refractivity contribution is -0.154. The molecule has 1 N–H and O–H groups in total. The van der Waals surface area contributed by atoms with E-state index < -0.39 is 6.10 Å². The van der Waals surface area contributed by atoms with Gasteiger partial charge in [0.1, 0.15) is 6.10 Å². The standard InChI is InChI=1S/C49H80O4/c1-3-5-7-9-11-13-15-17-19-21-23-25-26-28-30-32-34-36-38-40-42-44-49(51)53-48(46-50)47-52-45-43-41-39-37-35-33-31-29-27-24-22-20-18-16-14-12-10-8-6-4-2/h6,8,12,14-15,17-18,20-21,23-24,26-28,31,33,37,39,48,50H,3-5,7,9-11,13,16,19,22,25,29-30,32,34-36,38,40-47H2,1-2H3/b8-6-,14-12-,17-15-,20-18-,23-21-,27-24-,28-26-,33-31-,39-37-. The van der Waals surface area contributed by atoms with Gasteiger partial charge in [0.25, 0.3) is 0 Å². The van der Waals surface area contributed by atoms with Crippen LogP contribution in [0.25, 0.3) is 0 Å². The number of rotatable bonds is 38. The molecule has 0 bridgehead atoms. The third kappa shape index (κ3) is 43.3. The molecule has 0 aromatic rings. The Morgan fingerprint density at radius 1 is 0.472 bits per heavy atom. The van der Waals surface area contributed by atoms with Crippen LogP contribution in [0.3, 0.4) is 0 Å². The summed E-state index contributed by atoms with van der Waals surface area (Å²) in [5.41, 5.74) is 0. The van der Waals surface area contributed by atoms with E-state index in [9.17, 15) is 9.90 Å². The number of hydrogen-bond acceptors (Lipinski definition) is 4. The van der Waals surface area contributed by atoms with Crippen LogP contribution in [0.5, 0.6) is 0 Å². The number of hydrogen-bond donors (Lipinski definition) is 1. The molecule has 0 aliphatic heterocycles. The Morgan fingerprint density at radius 3 is 1.28 bits per heavy atom. The summed E-state index contributed by atoms with van der Waals surface area (Å²) in [6.45, 7) is 5.04. The van der Waals surface area contributed by atoms with Crippen LogP contribution < -0.4 is 0 Å². The summed E-state index contributed by atoms with van der Waals surface area (Å²) in [5, 5.41) is 9.60.